The highest BCUT2D eigenvalue weighted by atomic mass is 16.5. The first-order valence-electron chi connectivity index (χ1n) is 9.09. The average Bonchev–Trinajstić information content (AvgIpc) is 2.72. The van der Waals surface area contributed by atoms with Crippen molar-refractivity contribution in [2.45, 2.75) is 19.5 Å². The molecule has 0 saturated carbocycles. The molecule has 28 heavy (non-hydrogen) atoms. The molecule has 0 radical (unpaired) electrons. The minimum atomic E-state index is -0.361. The molecule has 0 aliphatic carbocycles. The molecule has 0 bridgehead atoms. The molecule has 7 heteroatoms. The molecule has 7 nitrogen and oxygen atoms in total. The van der Waals surface area contributed by atoms with Crippen LogP contribution in [0, 0.1) is 0 Å². The largest absolute Gasteiger partial charge is 0.497 e. The Kier molecular flexibility index (Phi) is 7.83. The number of hydrogen-bond donors (Lipinski definition) is 3. The van der Waals surface area contributed by atoms with Gasteiger partial charge in [0.15, 0.2) is 12.6 Å². The molecule has 2 rings (SSSR count). The normalized spacial score (nSPS) is 12.6. The second-order valence-corrected chi connectivity index (χ2v) is 6.59. The van der Waals surface area contributed by atoms with Gasteiger partial charge >= 0.3 is 0 Å². The zero-order chi connectivity index (χ0) is 20.5. The van der Waals surface area contributed by atoms with Crippen molar-refractivity contribution in [3.63, 3.8) is 0 Å². The Balaban J connectivity index is 1.79. The SMILES string of the molecule is COc1ccc(CNC(=O)[C@@H](C)[NH+](C)CC(=O)Nc2ccc(OC)cc2)cc1. The molecule has 0 heterocycles. The van der Waals surface area contributed by atoms with Gasteiger partial charge in [0.25, 0.3) is 11.8 Å². The van der Waals surface area contributed by atoms with E-state index in [1.54, 1.807) is 45.4 Å². The second kappa shape index (κ2) is 10.3. The van der Waals surface area contributed by atoms with Crippen LogP contribution in [-0.4, -0.2) is 45.7 Å². The van der Waals surface area contributed by atoms with Crippen LogP contribution < -0.4 is 25.0 Å². The molecule has 0 aromatic heterocycles. The maximum Gasteiger partial charge on any atom is 0.279 e. The lowest BCUT2D eigenvalue weighted by molar-refractivity contribution is -0.885. The molecule has 0 aliphatic heterocycles. The number of methoxy groups -OCH3 is 2. The molecule has 2 amide bonds. The van der Waals surface area contributed by atoms with Crippen molar-refractivity contribution >= 4 is 17.5 Å². The van der Waals surface area contributed by atoms with E-state index in [0.29, 0.717) is 12.2 Å². The Morgan fingerprint density at radius 2 is 1.50 bits per heavy atom. The summed E-state index contributed by atoms with van der Waals surface area (Å²) in [5, 5.41) is 5.73. The van der Waals surface area contributed by atoms with Crippen LogP contribution in [0.15, 0.2) is 48.5 Å². The highest BCUT2D eigenvalue weighted by Gasteiger charge is 2.23. The first-order chi connectivity index (χ1) is 13.4. The fourth-order valence-corrected chi connectivity index (χ4v) is 2.60. The molecular formula is C21H28N3O4+. The van der Waals surface area contributed by atoms with Crippen LogP contribution in [0.25, 0.3) is 0 Å². The van der Waals surface area contributed by atoms with Gasteiger partial charge in [-0.25, -0.2) is 0 Å². The van der Waals surface area contributed by atoms with Crippen LogP contribution in [0.2, 0.25) is 0 Å². The predicted octanol–water partition coefficient (Wildman–Crippen LogP) is 0.862. The van der Waals surface area contributed by atoms with Gasteiger partial charge < -0.3 is 25.0 Å². The smallest absolute Gasteiger partial charge is 0.279 e. The Hall–Kier alpha value is -3.06. The van der Waals surface area contributed by atoms with Gasteiger partial charge in [-0.05, 0) is 48.9 Å². The molecule has 2 atom stereocenters. The summed E-state index contributed by atoms with van der Waals surface area (Å²) in [5.41, 5.74) is 1.67. The summed E-state index contributed by atoms with van der Waals surface area (Å²) in [6.45, 7) is 2.42. The molecule has 0 fully saturated rings. The number of benzene rings is 2. The highest BCUT2D eigenvalue weighted by Crippen LogP contribution is 2.14. The standard InChI is InChI=1S/C21H27N3O4/c1-15(21(26)22-13-16-5-9-18(27-3)10-6-16)24(2)14-20(25)23-17-7-11-19(28-4)12-8-17/h5-12,15H,13-14H2,1-4H3,(H,22,26)(H,23,25)/p+1/t15-/m1/s1. The van der Waals surface area contributed by atoms with Gasteiger partial charge in [0.05, 0.1) is 21.3 Å². The van der Waals surface area contributed by atoms with E-state index in [9.17, 15) is 9.59 Å². The van der Waals surface area contributed by atoms with E-state index in [0.717, 1.165) is 22.0 Å². The summed E-state index contributed by atoms with van der Waals surface area (Å²) in [5.74, 6) is 1.24. The summed E-state index contributed by atoms with van der Waals surface area (Å²) in [4.78, 5) is 25.4. The fourth-order valence-electron chi connectivity index (χ4n) is 2.60. The molecule has 1 unspecified atom stereocenters. The third-order valence-corrected chi connectivity index (χ3v) is 4.57. The van der Waals surface area contributed by atoms with Gasteiger partial charge in [0, 0.05) is 12.2 Å². The summed E-state index contributed by atoms with van der Waals surface area (Å²) in [6, 6.07) is 14.3. The van der Waals surface area contributed by atoms with E-state index in [1.165, 1.54) is 0 Å². The number of hydrogen-bond acceptors (Lipinski definition) is 4. The van der Waals surface area contributed by atoms with Crippen molar-refractivity contribution in [2.75, 3.05) is 33.1 Å². The van der Waals surface area contributed by atoms with Crippen molar-refractivity contribution < 1.29 is 24.0 Å². The van der Waals surface area contributed by atoms with Gasteiger partial charge in [-0.3, -0.25) is 9.59 Å². The number of quaternary nitrogens is 1. The Bertz CT molecular complexity index is 775. The molecule has 150 valence electrons. The van der Waals surface area contributed by atoms with Crippen LogP contribution in [0.5, 0.6) is 11.5 Å². The minimum absolute atomic E-state index is 0.106. The third-order valence-electron chi connectivity index (χ3n) is 4.57. The zero-order valence-corrected chi connectivity index (χ0v) is 16.7. The van der Waals surface area contributed by atoms with Crippen molar-refractivity contribution in [1.29, 1.82) is 0 Å². The molecule has 2 aromatic rings. The Labute approximate surface area is 165 Å². The predicted molar refractivity (Wildman–Crippen MR) is 108 cm³/mol. The van der Waals surface area contributed by atoms with Gasteiger partial charge in [0.2, 0.25) is 0 Å². The maximum absolute atomic E-state index is 12.4. The van der Waals surface area contributed by atoms with Crippen LogP contribution in [0.3, 0.4) is 0 Å². The van der Waals surface area contributed by atoms with Crippen LogP contribution >= 0.6 is 0 Å². The number of rotatable bonds is 9. The number of carbonyl (C=O) groups is 2. The van der Waals surface area contributed by atoms with E-state index >= 15 is 0 Å². The number of carbonyl (C=O) groups excluding carboxylic acids is 2. The third kappa shape index (κ3) is 6.28. The summed E-state index contributed by atoms with van der Waals surface area (Å²) < 4.78 is 10.2. The first-order valence-corrected chi connectivity index (χ1v) is 9.09. The van der Waals surface area contributed by atoms with Gasteiger partial charge in [-0.2, -0.15) is 0 Å². The molecule has 0 spiro atoms. The number of nitrogens with one attached hydrogen (secondary N) is 3. The number of amides is 2. The summed E-state index contributed by atoms with van der Waals surface area (Å²) >= 11 is 0. The van der Waals surface area contributed by atoms with Gasteiger partial charge in [0.1, 0.15) is 11.5 Å². The average molecular weight is 386 g/mol. The Morgan fingerprint density at radius 1 is 0.964 bits per heavy atom. The number of anilines is 1. The van der Waals surface area contributed by atoms with Crippen molar-refractivity contribution in [1.82, 2.24) is 5.32 Å². The first kappa shape index (κ1) is 21.2. The summed E-state index contributed by atoms with van der Waals surface area (Å²) in [7, 11) is 5.03. The van der Waals surface area contributed by atoms with Crippen molar-refractivity contribution in [2.24, 2.45) is 0 Å². The zero-order valence-electron chi connectivity index (χ0n) is 16.7. The van der Waals surface area contributed by atoms with E-state index in [1.807, 2.05) is 31.3 Å². The second-order valence-electron chi connectivity index (χ2n) is 6.59. The fraction of sp³-hybridized carbons (Fsp3) is 0.333. The maximum atomic E-state index is 12.4. The van der Waals surface area contributed by atoms with Crippen LogP contribution in [-0.2, 0) is 16.1 Å². The van der Waals surface area contributed by atoms with Gasteiger partial charge in [-0.15, -0.1) is 0 Å². The topological polar surface area (TPSA) is 81.1 Å². The lowest BCUT2D eigenvalue weighted by atomic mass is 10.2. The van der Waals surface area contributed by atoms with E-state index in [4.69, 9.17) is 9.47 Å². The molecule has 3 N–H and O–H groups in total. The highest BCUT2D eigenvalue weighted by molar-refractivity contribution is 5.91. The molecule has 2 aromatic carbocycles. The lowest BCUT2D eigenvalue weighted by Crippen LogP contribution is -3.15. The quantitative estimate of drug-likeness (QED) is 0.597. The molecule has 0 aliphatic rings. The molecule has 0 saturated heterocycles. The lowest BCUT2D eigenvalue weighted by Gasteiger charge is -2.20. The summed E-state index contributed by atoms with van der Waals surface area (Å²) in [6.07, 6.45) is 0. The number of likely N-dealkylation sites (N-methyl/N-ethyl adjacent to an activating group) is 1. The van der Waals surface area contributed by atoms with E-state index in [-0.39, 0.29) is 24.4 Å². The van der Waals surface area contributed by atoms with Crippen molar-refractivity contribution in [3.8, 4) is 11.5 Å². The minimum Gasteiger partial charge on any atom is -0.497 e. The van der Waals surface area contributed by atoms with Crippen molar-refractivity contribution in [3.05, 3.63) is 54.1 Å². The van der Waals surface area contributed by atoms with E-state index in [2.05, 4.69) is 10.6 Å². The monoisotopic (exact) mass is 386 g/mol. The number of ether oxygens (including phenoxy) is 2. The van der Waals surface area contributed by atoms with Gasteiger partial charge in [-0.1, -0.05) is 12.1 Å². The Morgan fingerprint density at radius 3 is 2.04 bits per heavy atom. The van der Waals surface area contributed by atoms with Crippen LogP contribution in [0.1, 0.15) is 12.5 Å². The molecular weight excluding hydrogens is 358 g/mol. The van der Waals surface area contributed by atoms with Crippen LogP contribution in [0.4, 0.5) is 5.69 Å². The van der Waals surface area contributed by atoms with E-state index < -0.39 is 0 Å².